The first-order valence-electron chi connectivity index (χ1n) is 8.75. The van der Waals surface area contributed by atoms with Crippen LogP contribution < -0.4 is 5.32 Å². The Morgan fingerprint density at radius 2 is 2.08 bits per heavy atom. The lowest BCUT2D eigenvalue weighted by Crippen LogP contribution is -2.46. The Morgan fingerprint density at radius 1 is 1.27 bits per heavy atom. The van der Waals surface area contributed by atoms with E-state index in [1.165, 1.54) is 15.9 Å². The van der Waals surface area contributed by atoms with Gasteiger partial charge in [-0.05, 0) is 12.5 Å². The number of hydrogen-bond acceptors (Lipinski definition) is 4. The molecular weight excluding hydrogens is 341 g/mol. The second kappa shape index (κ2) is 8.16. The van der Waals surface area contributed by atoms with Crippen molar-refractivity contribution in [2.24, 2.45) is 5.92 Å². The third-order valence-corrected chi connectivity index (χ3v) is 4.72. The quantitative estimate of drug-likeness (QED) is 0.822. The van der Waals surface area contributed by atoms with Gasteiger partial charge in [-0.2, -0.15) is 0 Å². The summed E-state index contributed by atoms with van der Waals surface area (Å²) in [5.74, 6) is -0.907. The molecule has 140 valence electrons. The normalized spacial score (nSPS) is 20.3. The van der Waals surface area contributed by atoms with Crippen molar-refractivity contribution in [1.29, 1.82) is 0 Å². The molecule has 2 fully saturated rings. The summed E-state index contributed by atoms with van der Waals surface area (Å²) in [5, 5.41) is 2.81. The predicted octanol–water partition coefficient (Wildman–Crippen LogP) is 1.13. The molecule has 8 heteroatoms. The number of cyclic esters (lactones) is 1. The topological polar surface area (TPSA) is 79.0 Å². The van der Waals surface area contributed by atoms with Gasteiger partial charge in [0.1, 0.15) is 12.4 Å². The van der Waals surface area contributed by atoms with E-state index in [9.17, 15) is 18.8 Å². The summed E-state index contributed by atoms with van der Waals surface area (Å²) in [6.45, 7) is 2.08. The minimum atomic E-state index is -0.362. The fraction of sp³-hybridized carbons (Fsp3) is 0.500. The highest BCUT2D eigenvalue weighted by Crippen LogP contribution is 2.21. The molecule has 2 aliphatic heterocycles. The highest BCUT2D eigenvalue weighted by Gasteiger charge is 2.30. The van der Waals surface area contributed by atoms with Gasteiger partial charge in [0.2, 0.25) is 11.8 Å². The molecule has 0 unspecified atom stereocenters. The average molecular weight is 363 g/mol. The number of halogens is 1. The van der Waals surface area contributed by atoms with E-state index in [-0.39, 0.29) is 49.2 Å². The molecule has 0 radical (unpaired) electrons. The molecule has 0 spiro atoms. The van der Waals surface area contributed by atoms with Crippen molar-refractivity contribution in [2.45, 2.75) is 19.4 Å². The molecule has 2 heterocycles. The number of piperidine rings is 1. The van der Waals surface area contributed by atoms with Crippen LogP contribution in [-0.4, -0.2) is 60.5 Å². The van der Waals surface area contributed by atoms with Crippen LogP contribution in [0.4, 0.5) is 9.18 Å². The van der Waals surface area contributed by atoms with Crippen LogP contribution in [0.3, 0.4) is 0 Å². The molecule has 0 aliphatic carbocycles. The van der Waals surface area contributed by atoms with Gasteiger partial charge >= 0.3 is 6.09 Å². The number of benzene rings is 1. The zero-order chi connectivity index (χ0) is 18.5. The molecule has 26 heavy (non-hydrogen) atoms. The zero-order valence-corrected chi connectivity index (χ0v) is 14.4. The van der Waals surface area contributed by atoms with Crippen LogP contribution in [0.1, 0.15) is 18.4 Å². The van der Waals surface area contributed by atoms with E-state index in [2.05, 4.69) is 5.32 Å². The summed E-state index contributed by atoms with van der Waals surface area (Å²) < 4.78 is 18.6. The average Bonchev–Trinajstić information content (AvgIpc) is 3.03. The largest absolute Gasteiger partial charge is 0.448 e. The Kier molecular flexibility index (Phi) is 5.70. The Balaban J connectivity index is 1.50. The van der Waals surface area contributed by atoms with Gasteiger partial charge in [0.15, 0.2) is 0 Å². The van der Waals surface area contributed by atoms with Crippen molar-refractivity contribution in [3.05, 3.63) is 35.6 Å². The highest BCUT2D eigenvalue weighted by molar-refractivity contribution is 5.83. The number of hydrogen-bond donors (Lipinski definition) is 1. The fourth-order valence-corrected chi connectivity index (χ4v) is 3.20. The molecule has 0 saturated carbocycles. The van der Waals surface area contributed by atoms with Crippen LogP contribution in [0.2, 0.25) is 0 Å². The van der Waals surface area contributed by atoms with Gasteiger partial charge < -0.3 is 19.9 Å². The smallest absolute Gasteiger partial charge is 0.409 e. The number of carbonyl (C=O) groups excluding carboxylic acids is 3. The van der Waals surface area contributed by atoms with Crippen LogP contribution in [0.15, 0.2) is 24.3 Å². The van der Waals surface area contributed by atoms with Crippen LogP contribution in [0.5, 0.6) is 0 Å². The number of nitrogens with zero attached hydrogens (tertiary/aromatic N) is 2. The third kappa shape index (κ3) is 4.30. The van der Waals surface area contributed by atoms with Gasteiger partial charge in [-0.3, -0.25) is 9.59 Å². The molecule has 1 aromatic carbocycles. The molecule has 1 N–H and O–H groups in total. The van der Waals surface area contributed by atoms with Crippen molar-refractivity contribution in [1.82, 2.24) is 15.1 Å². The lowest BCUT2D eigenvalue weighted by Gasteiger charge is -2.32. The van der Waals surface area contributed by atoms with E-state index < -0.39 is 0 Å². The first kappa shape index (κ1) is 18.2. The van der Waals surface area contributed by atoms with E-state index in [4.69, 9.17) is 4.74 Å². The predicted molar refractivity (Wildman–Crippen MR) is 90.5 cm³/mol. The monoisotopic (exact) mass is 363 g/mol. The van der Waals surface area contributed by atoms with Crippen molar-refractivity contribution >= 4 is 17.9 Å². The Labute approximate surface area is 151 Å². The molecule has 0 bridgehead atoms. The fourth-order valence-electron chi connectivity index (χ4n) is 3.20. The number of nitrogens with one attached hydrogen (secondary N) is 1. The Hall–Kier alpha value is -2.64. The number of carbonyl (C=O) groups is 3. The molecule has 2 aliphatic rings. The van der Waals surface area contributed by atoms with Gasteiger partial charge in [-0.25, -0.2) is 9.18 Å². The third-order valence-electron chi connectivity index (χ3n) is 4.72. The summed E-state index contributed by atoms with van der Waals surface area (Å²) >= 11 is 0. The summed E-state index contributed by atoms with van der Waals surface area (Å²) in [7, 11) is 0. The minimum Gasteiger partial charge on any atom is -0.448 e. The molecule has 7 nitrogen and oxygen atoms in total. The van der Waals surface area contributed by atoms with E-state index in [1.807, 2.05) is 0 Å². The van der Waals surface area contributed by atoms with E-state index in [0.717, 1.165) is 0 Å². The molecule has 3 amide bonds. The van der Waals surface area contributed by atoms with Gasteiger partial charge in [-0.1, -0.05) is 18.2 Å². The summed E-state index contributed by atoms with van der Waals surface area (Å²) in [5.41, 5.74) is 0.439. The van der Waals surface area contributed by atoms with Gasteiger partial charge in [0.05, 0.1) is 12.5 Å². The summed E-state index contributed by atoms with van der Waals surface area (Å²) in [6, 6.07) is 6.32. The number of ether oxygens (including phenoxy) is 1. The second-order valence-electron chi connectivity index (χ2n) is 6.49. The first-order chi connectivity index (χ1) is 12.5. The number of rotatable bonds is 6. The van der Waals surface area contributed by atoms with Crippen molar-refractivity contribution in [2.75, 3.05) is 32.8 Å². The molecule has 1 aromatic rings. The molecule has 2 saturated heterocycles. The second-order valence-corrected chi connectivity index (χ2v) is 6.49. The molecule has 0 aromatic heterocycles. The number of amides is 3. The van der Waals surface area contributed by atoms with E-state index in [0.29, 0.717) is 38.2 Å². The SMILES string of the molecule is O=C(NCCN1CCOC1=O)[C@H]1CCC(=O)N(Cc2ccccc2F)C1. The van der Waals surface area contributed by atoms with E-state index >= 15 is 0 Å². The first-order valence-corrected chi connectivity index (χ1v) is 8.75. The summed E-state index contributed by atoms with van der Waals surface area (Å²) in [6.07, 6.45) is 0.383. The lowest BCUT2D eigenvalue weighted by atomic mass is 9.96. The summed E-state index contributed by atoms with van der Waals surface area (Å²) in [4.78, 5) is 38.9. The zero-order valence-electron chi connectivity index (χ0n) is 14.4. The van der Waals surface area contributed by atoms with Crippen LogP contribution in [0, 0.1) is 11.7 Å². The van der Waals surface area contributed by atoms with Crippen molar-refractivity contribution < 1.29 is 23.5 Å². The van der Waals surface area contributed by atoms with Gasteiger partial charge in [0, 0.05) is 38.2 Å². The maximum absolute atomic E-state index is 13.8. The number of likely N-dealkylation sites (tertiary alicyclic amines) is 1. The maximum atomic E-state index is 13.8. The van der Waals surface area contributed by atoms with Crippen LogP contribution >= 0.6 is 0 Å². The Bertz CT molecular complexity index is 697. The van der Waals surface area contributed by atoms with Crippen LogP contribution in [0.25, 0.3) is 0 Å². The van der Waals surface area contributed by atoms with Gasteiger partial charge in [0.25, 0.3) is 0 Å². The van der Waals surface area contributed by atoms with Gasteiger partial charge in [-0.15, -0.1) is 0 Å². The lowest BCUT2D eigenvalue weighted by molar-refractivity contribution is -0.138. The maximum Gasteiger partial charge on any atom is 0.409 e. The standard InChI is InChI=1S/C18H22FN3O4/c19-15-4-2-1-3-13(15)11-22-12-14(5-6-16(22)23)17(24)20-7-8-21-9-10-26-18(21)25/h1-4,14H,5-12H2,(H,20,24)/t14-/m0/s1. The molecular formula is C18H22FN3O4. The van der Waals surface area contributed by atoms with Crippen molar-refractivity contribution in [3.8, 4) is 0 Å². The van der Waals surface area contributed by atoms with E-state index in [1.54, 1.807) is 18.2 Å². The Morgan fingerprint density at radius 3 is 2.81 bits per heavy atom. The molecule has 3 rings (SSSR count). The minimum absolute atomic E-state index is 0.0721. The van der Waals surface area contributed by atoms with Crippen LogP contribution in [-0.2, 0) is 20.9 Å². The highest BCUT2D eigenvalue weighted by atomic mass is 19.1. The molecule has 1 atom stereocenters. The van der Waals surface area contributed by atoms with Crippen molar-refractivity contribution in [3.63, 3.8) is 0 Å².